The summed E-state index contributed by atoms with van der Waals surface area (Å²) in [7, 11) is 2.25. The van der Waals surface area contributed by atoms with Crippen molar-refractivity contribution < 1.29 is 0 Å². The van der Waals surface area contributed by atoms with Gasteiger partial charge in [0.25, 0.3) is 0 Å². The molecule has 0 amide bonds. The van der Waals surface area contributed by atoms with Gasteiger partial charge in [0.1, 0.15) is 0 Å². The van der Waals surface area contributed by atoms with Gasteiger partial charge in [0.2, 0.25) is 0 Å². The number of nitrogens with zero attached hydrogens (tertiary/aromatic N) is 1. The van der Waals surface area contributed by atoms with Crippen LogP contribution in [0.3, 0.4) is 0 Å². The van der Waals surface area contributed by atoms with Crippen molar-refractivity contribution in [3.8, 4) is 0 Å². The van der Waals surface area contributed by atoms with Crippen LogP contribution in [0.2, 0.25) is 0 Å². The van der Waals surface area contributed by atoms with Crippen molar-refractivity contribution >= 4 is 0 Å². The molecule has 2 nitrogen and oxygen atoms in total. The zero-order valence-electron chi connectivity index (χ0n) is 11.6. The molecule has 2 N–H and O–H groups in total. The maximum atomic E-state index is 5.69. The largest absolute Gasteiger partial charge is 0.330 e. The molecule has 0 atom stereocenters. The van der Waals surface area contributed by atoms with Crippen LogP contribution in [0.4, 0.5) is 0 Å². The number of hydrogen-bond acceptors (Lipinski definition) is 2. The molecule has 1 saturated carbocycles. The van der Waals surface area contributed by atoms with Crippen molar-refractivity contribution in [1.82, 2.24) is 4.90 Å². The maximum absolute atomic E-state index is 5.69. The molecule has 2 heteroatoms. The van der Waals surface area contributed by atoms with Gasteiger partial charge in [0.15, 0.2) is 0 Å². The van der Waals surface area contributed by atoms with Gasteiger partial charge in [0, 0.05) is 6.54 Å². The molecule has 0 radical (unpaired) electrons. The van der Waals surface area contributed by atoms with E-state index >= 15 is 0 Å². The minimum absolute atomic E-state index is 0.580. The predicted molar refractivity (Wildman–Crippen MR) is 77.6 cm³/mol. The monoisotopic (exact) mass is 246 g/mol. The van der Waals surface area contributed by atoms with E-state index in [0.717, 1.165) is 6.54 Å². The number of benzene rings is 1. The smallest absolute Gasteiger partial charge is 0.00354 e. The molecule has 0 unspecified atom stereocenters. The maximum Gasteiger partial charge on any atom is 0.00354 e. The van der Waals surface area contributed by atoms with E-state index in [1.165, 1.54) is 50.8 Å². The van der Waals surface area contributed by atoms with Crippen LogP contribution in [0.1, 0.15) is 31.2 Å². The minimum atomic E-state index is 0.580. The van der Waals surface area contributed by atoms with Crippen molar-refractivity contribution in [3.63, 3.8) is 0 Å². The summed E-state index contributed by atoms with van der Waals surface area (Å²) in [5.41, 5.74) is 7.72. The first-order valence-electron chi connectivity index (χ1n) is 7.17. The van der Waals surface area contributed by atoms with Gasteiger partial charge in [-0.15, -0.1) is 0 Å². The van der Waals surface area contributed by atoms with Crippen molar-refractivity contribution in [2.24, 2.45) is 11.1 Å². The fourth-order valence-electron chi connectivity index (χ4n) is 2.82. The summed E-state index contributed by atoms with van der Waals surface area (Å²) < 4.78 is 0. The second-order valence-electron chi connectivity index (χ2n) is 5.87. The highest BCUT2D eigenvalue weighted by Crippen LogP contribution is 2.48. The SMILES string of the molecule is CN(CCCc1ccccc1)CC1(CCN)CC1. The van der Waals surface area contributed by atoms with Crippen molar-refractivity contribution in [2.45, 2.75) is 32.1 Å². The quantitative estimate of drug-likeness (QED) is 0.764. The molecule has 2 rings (SSSR count). The van der Waals surface area contributed by atoms with Gasteiger partial charge in [-0.25, -0.2) is 0 Å². The van der Waals surface area contributed by atoms with Gasteiger partial charge < -0.3 is 10.6 Å². The molecule has 0 heterocycles. The van der Waals surface area contributed by atoms with Gasteiger partial charge in [-0.3, -0.25) is 0 Å². The molecule has 100 valence electrons. The van der Waals surface area contributed by atoms with E-state index in [9.17, 15) is 0 Å². The molecule has 1 aliphatic rings. The zero-order chi connectivity index (χ0) is 12.8. The Balaban J connectivity index is 1.65. The van der Waals surface area contributed by atoms with Gasteiger partial charge in [-0.05, 0) is 63.2 Å². The summed E-state index contributed by atoms with van der Waals surface area (Å²) in [6, 6.07) is 10.8. The number of hydrogen-bond donors (Lipinski definition) is 1. The van der Waals surface area contributed by atoms with Gasteiger partial charge in [-0.1, -0.05) is 30.3 Å². The fourth-order valence-corrected chi connectivity index (χ4v) is 2.82. The first-order valence-corrected chi connectivity index (χ1v) is 7.17. The predicted octanol–water partition coefficient (Wildman–Crippen LogP) is 2.68. The molecule has 0 aromatic heterocycles. The molecular formula is C16H26N2. The number of rotatable bonds is 8. The second kappa shape index (κ2) is 6.35. The minimum Gasteiger partial charge on any atom is -0.330 e. The lowest BCUT2D eigenvalue weighted by molar-refractivity contribution is 0.252. The van der Waals surface area contributed by atoms with Gasteiger partial charge in [-0.2, -0.15) is 0 Å². The molecule has 0 bridgehead atoms. The van der Waals surface area contributed by atoms with E-state index in [2.05, 4.69) is 42.3 Å². The Kier molecular flexibility index (Phi) is 4.79. The molecule has 0 saturated heterocycles. The summed E-state index contributed by atoms with van der Waals surface area (Å²) in [5.74, 6) is 0. The van der Waals surface area contributed by atoms with E-state index in [0.29, 0.717) is 5.41 Å². The number of nitrogens with two attached hydrogens (primary N) is 1. The lowest BCUT2D eigenvalue weighted by atomic mass is 10.0. The molecule has 1 aliphatic carbocycles. The summed E-state index contributed by atoms with van der Waals surface area (Å²) in [5, 5.41) is 0. The van der Waals surface area contributed by atoms with Gasteiger partial charge >= 0.3 is 0 Å². The molecule has 1 fully saturated rings. The third-order valence-electron chi connectivity index (χ3n) is 4.09. The Morgan fingerprint density at radius 1 is 1.22 bits per heavy atom. The Labute approximate surface area is 111 Å². The highest BCUT2D eigenvalue weighted by molar-refractivity contribution is 5.14. The molecule has 1 aromatic carbocycles. The highest BCUT2D eigenvalue weighted by Gasteiger charge is 2.41. The zero-order valence-corrected chi connectivity index (χ0v) is 11.6. The van der Waals surface area contributed by atoms with E-state index in [1.54, 1.807) is 0 Å². The second-order valence-corrected chi connectivity index (χ2v) is 5.87. The Morgan fingerprint density at radius 3 is 2.56 bits per heavy atom. The number of aryl methyl sites for hydroxylation is 1. The van der Waals surface area contributed by atoms with E-state index in [1.807, 2.05) is 0 Å². The Hall–Kier alpha value is -0.860. The van der Waals surface area contributed by atoms with Crippen molar-refractivity contribution in [3.05, 3.63) is 35.9 Å². The third-order valence-corrected chi connectivity index (χ3v) is 4.09. The molecule has 18 heavy (non-hydrogen) atoms. The van der Waals surface area contributed by atoms with Crippen LogP contribution >= 0.6 is 0 Å². The Morgan fingerprint density at radius 2 is 1.94 bits per heavy atom. The van der Waals surface area contributed by atoms with Crippen LogP contribution in [0.25, 0.3) is 0 Å². The summed E-state index contributed by atoms with van der Waals surface area (Å²) >= 11 is 0. The first-order chi connectivity index (χ1) is 8.74. The fraction of sp³-hybridized carbons (Fsp3) is 0.625. The summed E-state index contributed by atoms with van der Waals surface area (Å²) in [4.78, 5) is 2.49. The molecule has 0 spiro atoms. The average Bonchev–Trinajstić information content (AvgIpc) is 3.10. The molecule has 0 aliphatic heterocycles. The van der Waals surface area contributed by atoms with E-state index < -0.39 is 0 Å². The van der Waals surface area contributed by atoms with Crippen LogP contribution < -0.4 is 5.73 Å². The lowest BCUT2D eigenvalue weighted by Crippen LogP contribution is -2.29. The molecular weight excluding hydrogens is 220 g/mol. The van der Waals surface area contributed by atoms with E-state index in [-0.39, 0.29) is 0 Å². The summed E-state index contributed by atoms with van der Waals surface area (Å²) in [6.07, 6.45) is 6.41. The van der Waals surface area contributed by atoms with Crippen molar-refractivity contribution in [1.29, 1.82) is 0 Å². The lowest BCUT2D eigenvalue weighted by Gasteiger charge is -2.23. The van der Waals surface area contributed by atoms with Crippen LogP contribution in [0.5, 0.6) is 0 Å². The van der Waals surface area contributed by atoms with Crippen LogP contribution in [0.15, 0.2) is 30.3 Å². The standard InChI is InChI=1S/C16H26N2/c1-18(14-16(9-10-16)11-12-17)13-5-8-15-6-3-2-4-7-15/h2-4,6-7H,5,8-14,17H2,1H3. The average molecular weight is 246 g/mol. The van der Waals surface area contributed by atoms with Crippen LogP contribution in [-0.2, 0) is 6.42 Å². The first kappa shape index (κ1) is 13.6. The third kappa shape index (κ3) is 4.11. The summed E-state index contributed by atoms with van der Waals surface area (Å²) in [6.45, 7) is 3.28. The topological polar surface area (TPSA) is 29.3 Å². The van der Waals surface area contributed by atoms with E-state index in [4.69, 9.17) is 5.73 Å². The highest BCUT2D eigenvalue weighted by atomic mass is 15.1. The normalized spacial score (nSPS) is 17.1. The molecule has 1 aromatic rings. The Bertz CT molecular complexity index is 343. The van der Waals surface area contributed by atoms with Crippen LogP contribution in [0, 0.1) is 5.41 Å². The van der Waals surface area contributed by atoms with Crippen LogP contribution in [-0.4, -0.2) is 31.6 Å². The van der Waals surface area contributed by atoms with Gasteiger partial charge in [0.05, 0.1) is 0 Å². The van der Waals surface area contributed by atoms with Crippen molar-refractivity contribution in [2.75, 3.05) is 26.7 Å².